The van der Waals surface area contributed by atoms with Crippen LogP contribution in [0.5, 0.6) is 5.75 Å². The van der Waals surface area contributed by atoms with Crippen molar-refractivity contribution in [1.82, 2.24) is 5.16 Å². The standard InChI is InChI=1S/C14H16ClNO3/c1-8-12(10(3)19-16-8)7-18-14-5-4-11(9(2)17)6-13(14)15/h4-6,9,17H,7H2,1-3H3/t9-/m1/s1. The van der Waals surface area contributed by atoms with Gasteiger partial charge in [0, 0.05) is 0 Å². The molecule has 0 aliphatic rings. The predicted molar refractivity (Wildman–Crippen MR) is 72.4 cm³/mol. The fourth-order valence-electron chi connectivity index (χ4n) is 1.75. The summed E-state index contributed by atoms with van der Waals surface area (Å²) in [5, 5.41) is 13.8. The SMILES string of the molecule is Cc1noc(C)c1COc1ccc([C@@H](C)O)cc1Cl. The van der Waals surface area contributed by atoms with Crippen LogP contribution in [0, 0.1) is 13.8 Å². The molecular weight excluding hydrogens is 266 g/mol. The zero-order chi connectivity index (χ0) is 14.0. The summed E-state index contributed by atoms with van der Waals surface area (Å²) >= 11 is 6.12. The van der Waals surface area contributed by atoms with Gasteiger partial charge < -0.3 is 14.4 Å². The first kappa shape index (κ1) is 13.9. The Morgan fingerprint density at radius 2 is 2.16 bits per heavy atom. The molecule has 0 aliphatic heterocycles. The molecule has 1 aromatic heterocycles. The Morgan fingerprint density at radius 3 is 2.68 bits per heavy atom. The van der Waals surface area contributed by atoms with Gasteiger partial charge in [-0.2, -0.15) is 0 Å². The number of aromatic nitrogens is 1. The van der Waals surface area contributed by atoms with Gasteiger partial charge in [-0.3, -0.25) is 0 Å². The van der Waals surface area contributed by atoms with Crippen molar-refractivity contribution in [2.45, 2.75) is 33.5 Å². The van der Waals surface area contributed by atoms with E-state index in [2.05, 4.69) is 5.16 Å². The van der Waals surface area contributed by atoms with Crippen molar-refractivity contribution in [2.75, 3.05) is 0 Å². The average Bonchev–Trinajstić information content (AvgIpc) is 2.68. The topological polar surface area (TPSA) is 55.5 Å². The summed E-state index contributed by atoms with van der Waals surface area (Å²) in [6.07, 6.45) is -0.547. The molecule has 1 N–H and O–H groups in total. The number of aliphatic hydroxyl groups excluding tert-OH is 1. The van der Waals surface area contributed by atoms with E-state index in [1.165, 1.54) is 0 Å². The summed E-state index contributed by atoms with van der Waals surface area (Å²) in [5.74, 6) is 1.32. The number of halogens is 1. The van der Waals surface area contributed by atoms with Gasteiger partial charge in [-0.25, -0.2) is 0 Å². The zero-order valence-corrected chi connectivity index (χ0v) is 11.9. The maximum Gasteiger partial charge on any atom is 0.140 e. The van der Waals surface area contributed by atoms with E-state index >= 15 is 0 Å². The monoisotopic (exact) mass is 281 g/mol. The van der Waals surface area contributed by atoms with Gasteiger partial charge in [0.05, 0.1) is 22.4 Å². The third-order valence-electron chi connectivity index (χ3n) is 2.99. The number of hydrogen-bond donors (Lipinski definition) is 1. The molecule has 0 saturated heterocycles. The minimum Gasteiger partial charge on any atom is -0.487 e. The Bertz CT molecular complexity index is 559. The van der Waals surface area contributed by atoms with E-state index in [4.69, 9.17) is 20.9 Å². The van der Waals surface area contributed by atoms with Crippen LogP contribution in [-0.2, 0) is 6.61 Å². The van der Waals surface area contributed by atoms with Crippen LogP contribution in [0.15, 0.2) is 22.7 Å². The lowest BCUT2D eigenvalue weighted by Crippen LogP contribution is -1.99. The molecule has 0 fully saturated rings. The summed E-state index contributed by atoms with van der Waals surface area (Å²) < 4.78 is 10.7. The van der Waals surface area contributed by atoms with E-state index in [0.717, 1.165) is 22.6 Å². The number of rotatable bonds is 4. The van der Waals surface area contributed by atoms with Gasteiger partial charge in [-0.05, 0) is 38.5 Å². The molecule has 1 aromatic carbocycles. The van der Waals surface area contributed by atoms with Crippen LogP contribution in [0.25, 0.3) is 0 Å². The maximum atomic E-state index is 9.47. The van der Waals surface area contributed by atoms with Gasteiger partial charge in [0.15, 0.2) is 0 Å². The summed E-state index contributed by atoms with van der Waals surface area (Å²) in [7, 11) is 0. The molecule has 0 spiro atoms. The molecule has 0 aliphatic carbocycles. The second-order valence-corrected chi connectivity index (χ2v) is 4.86. The predicted octanol–water partition coefficient (Wildman–Crippen LogP) is 3.58. The van der Waals surface area contributed by atoms with Crippen molar-refractivity contribution >= 4 is 11.6 Å². The lowest BCUT2D eigenvalue weighted by Gasteiger charge is -2.10. The van der Waals surface area contributed by atoms with Crippen LogP contribution >= 0.6 is 11.6 Å². The molecule has 0 bridgehead atoms. The number of aliphatic hydroxyl groups is 1. The molecule has 2 aromatic rings. The third-order valence-corrected chi connectivity index (χ3v) is 3.29. The molecule has 2 rings (SSSR count). The maximum absolute atomic E-state index is 9.47. The number of ether oxygens (including phenoxy) is 1. The first-order valence-electron chi connectivity index (χ1n) is 6.01. The second-order valence-electron chi connectivity index (χ2n) is 4.46. The van der Waals surface area contributed by atoms with Gasteiger partial charge in [0.1, 0.15) is 18.1 Å². The second kappa shape index (κ2) is 5.63. The first-order chi connectivity index (χ1) is 8.99. The summed E-state index contributed by atoms with van der Waals surface area (Å²) in [5.41, 5.74) is 2.50. The summed E-state index contributed by atoms with van der Waals surface area (Å²) in [6.45, 7) is 5.76. The number of benzene rings is 1. The van der Waals surface area contributed by atoms with Gasteiger partial charge in [0.25, 0.3) is 0 Å². The van der Waals surface area contributed by atoms with Gasteiger partial charge >= 0.3 is 0 Å². The lowest BCUT2D eigenvalue weighted by atomic mass is 10.1. The molecule has 4 nitrogen and oxygen atoms in total. The summed E-state index contributed by atoms with van der Waals surface area (Å²) in [4.78, 5) is 0. The molecular formula is C14H16ClNO3. The molecule has 0 amide bonds. The summed E-state index contributed by atoms with van der Waals surface area (Å²) in [6, 6.07) is 5.25. The molecule has 5 heteroatoms. The highest BCUT2D eigenvalue weighted by Gasteiger charge is 2.11. The quantitative estimate of drug-likeness (QED) is 0.931. The van der Waals surface area contributed by atoms with Gasteiger partial charge in [0.2, 0.25) is 0 Å². The molecule has 0 radical (unpaired) electrons. The van der Waals surface area contributed by atoms with E-state index in [1.807, 2.05) is 13.8 Å². The highest BCUT2D eigenvalue weighted by molar-refractivity contribution is 6.32. The molecule has 102 valence electrons. The largest absolute Gasteiger partial charge is 0.487 e. The van der Waals surface area contributed by atoms with Crippen LogP contribution < -0.4 is 4.74 Å². The molecule has 1 atom stereocenters. The minimum absolute atomic E-state index is 0.356. The molecule has 19 heavy (non-hydrogen) atoms. The Kier molecular flexibility index (Phi) is 4.12. The van der Waals surface area contributed by atoms with Crippen LogP contribution in [0.2, 0.25) is 5.02 Å². The van der Waals surface area contributed by atoms with E-state index in [-0.39, 0.29) is 0 Å². The van der Waals surface area contributed by atoms with Crippen molar-refractivity contribution in [3.63, 3.8) is 0 Å². The Labute approximate surface area is 116 Å². The Hall–Kier alpha value is -1.52. The molecule has 0 saturated carbocycles. The number of aryl methyl sites for hydroxylation is 2. The van der Waals surface area contributed by atoms with Crippen LogP contribution in [-0.4, -0.2) is 10.3 Å². The average molecular weight is 282 g/mol. The van der Waals surface area contributed by atoms with Crippen LogP contribution in [0.1, 0.15) is 35.6 Å². The highest BCUT2D eigenvalue weighted by Crippen LogP contribution is 2.29. The van der Waals surface area contributed by atoms with Gasteiger partial charge in [-0.1, -0.05) is 22.8 Å². The van der Waals surface area contributed by atoms with Crippen molar-refractivity contribution in [3.05, 3.63) is 45.8 Å². The lowest BCUT2D eigenvalue weighted by molar-refractivity contribution is 0.199. The molecule has 0 unspecified atom stereocenters. The normalized spacial score (nSPS) is 12.5. The Balaban J connectivity index is 2.12. The minimum atomic E-state index is -0.547. The Morgan fingerprint density at radius 1 is 1.42 bits per heavy atom. The van der Waals surface area contributed by atoms with E-state index in [0.29, 0.717) is 17.4 Å². The first-order valence-corrected chi connectivity index (χ1v) is 6.39. The zero-order valence-electron chi connectivity index (χ0n) is 11.1. The third kappa shape index (κ3) is 3.08. The van der Waals surface area contributed by atoms with E-state index in [9.17, 15) is 5.11 Å². The van der Waals surface area contributed by atoms with Crippen molar-refractivity contribution < 1.29 is 14.4 Å². The van der Waals surface area contributed by atoms with Crippen molar-refractivity contribution in [3.8, 4) is 5.75 Å². The van der Waals surface area contributed by atoms with Gasteiger partial charge in [-0.15, -0.1) is 0 Å². The van der Waals surface area contributed by atoms with Crippen molar-refractivity contribution in [2.24, 2.45) is 0 Å². The van der Waals surface area contributed by atoms with Crippen molar-refractivity contribution in [1.29, 1.82) is 0 Å². The molecule has 1 heterocycles. The van der Waals surface area contributed by atoms with E-state index in [1.54, 1.807) is 25.1 Å². The number of nitrogens with zero attached hydrogens (tertiary/aromatic N) is 1. The fraction of sp³-hybridized carbons (Fsp3) is 0.357. The number of hydrogen-bond acceptors (Lipinski definition) is 4. The fourth-order valence-corrected chi connectivity index (χ4v) is 2.00. The highest BCUT2D eigenvalue weighted by atomic mass is 35.5. The van der Waals surface area contributed by atoms with Crippen LogP contribution in [0.3, 0.4) is 0 Å². The smallest absolute Gasteiger partial charge is 0.140 e. The van der Waals surface area contributed by atoms with E-state index < -0.39 is 6.10 Å². The van der Waals surface area contributed by atoms with Crippen LogP contribution in [0.4, 0.5) is 0 Å².